The molecule has 0 atom stereocenters. The van der Waals surface area contributed by atoms with Gasteiger partial charge in [0.05, 0.1) is 24.5 Å². The second-order valence-corrected chi connectivity index (χ2v) is 9.00. The number of alkyl halides is 2. The van der Waals surface area contributed by atoms with Crippen LogP contribution in [-0.2, 0) is 29.5 Å². The second kappa shape index (κ2) is 9.37. The molecule has 0 bridgehead atoms. The summed E-state index contributed by atoms with van der Waals surface area (Å²) < 4.78 is 52.1. The van der Waals surface area contributed by atoms with Crippen LogP contribution >= 0.6 is 0 Å². The Kier molecular flexibility index (Phi) is 6.26. The molecule has 2 aliphatic rings. The van der Waals surface area contributed by atoms with Crippen LogP contribution in [0.25, 0.3) is 11.1 Å². The lowest BCUT2D eigenvalue weighted by Crippen LogP contribution is -2.35. The third-order valence-electron chi connectivity index (χ3n) is 6.71. The molecule has 1 amide bonds. The molecule has 1 saturated heterocycles. The van der Waals surface area contributed by atoms with Crippen LogP contribution in [0.5, 0.6) is 0 Å². The molecule has 0 aliphatic carbocycles. The summed E-state index contributed by atoms with van der Waals surface area (Å²) in [6.45, 7) is 3.66. The SMILES string of the molecule is CC(=O)N1CCc2c(c(Nc3cc(C(F)F)c(-c4cnn(C)c4)cc3F)nn2C2CCOCC2)C1. The first kappa shape index (κ1) is 23.4. The van der Waals surface area contributed by atoms with Crippen molar-refractivity contribution < 1.29 is 22.7 Å². The van der Waals surface area contributed by atoms with Gasteiger partial charge in [0.15, 0.2) is 5.82 Å². The Hall–Kier alpha value is -3.34. The van der Waals surface area contributed by atoms with Gasteiger partial charge in [0.2, 0.25) is 5.91 Å². The van der Waals surface area contributed by atoms with Gasteiger partial charge in [-0.1, -0.05) is 0 Å². The van der Waals surface area contributed by atoms with Gasteiger partial charge in [0, 0.05) is 68.7 Å². The van der Waals surface area contributed by atoms with Crippen LogP contribution in [0.2, 0.25) is 0 Å². The summed E-state index contributed by atoms with van der Waals surface area (Å²) in [6, 6.07) is 2.37. The number of hydrogen-bond donors (Lipinski definition) is 1. The molecule has 2 aromatic heterocycles. The fraction of sp³-hybridized carbons (Fsp3) is 0.458. The molecular formula is C24H27F3N6O2. The van der Waals surface area contributed by atoms with E-state index in [-0.39, 0.29) is 28.8 Å². The number of nitrogens with one attached hydrogen (secondary N) is 1. The highest BCUT2D eigenvalue weighted by atomic mass is 19.3. The third kappa shape index (κ3) is 4.52. The number of carbonyl (C=O) groups excluding carboxylic acids is 1. The van der Waals surface area contributed by atoms with Gasteiger partial charge in [-0.2, -0.15) is 10.2 Å². The van der Waals surface area contributed by atoms with Crippen LogP contribution in [0.15, 0.2) is 24.5 Å². The normalized spacial score (nSPS) is 16.6. The molecule has 5 rings (SSSR count). The van der Waals surface area contributed by atoms with E-state index >= 15 is 4.39 Å². The van der Waals surface area contributed by atoms with Gasteiger partial charge in [-0.3, -0.25) is 14.2 Å². The minimum Gasteiger partial charge on any atom is -0.381 e. The largest absolute Gasteiger partial charge is 0.381 e. The minimum atomic E-state index is -2.81. The van der Waals surface area contributed by atoms with Crippen molar-refractivity contribution >= 4 is 17.4 Å². The van der Waals surface area contributed by atoms with Crippen molar-refractivity contribution in [1.29, 1.82) is 0 Å². The van der Waals surface area contributed by atoms with Crippen molar-refractivity contribution in [1.82, 2.24) is 24.5 Å². The summed E-state index contributed by atoms with van der Waals surface area (Å²) in [4.78, 5) is 13.8. The van der Waals surface area contributed by atoms with Crippen LogP contribution < -0.4 is 5.32 Å². The predicted molar refractivity (Wildman–Crippen MR) is 123 cm³/mol. The van der Waals surface area contributed by atoms with Gasteiger partial charge >= 0.3 is 0 Å². The van der Waals surface area contributed by atoms with Gasteiger partial charge in [0.1, 0.15) is 5.82 Å². The minimum absolute atomic E-state index is 0.0626. The maximum atomic E-state index is 15.2. The van der Waals surface area contributed by atoms with E-state index in [0.29, 0.717) is 44.1 Å². The Balaban J connectivity index is 1.54. The molecule has 3 aromatic rings. The zero-order chi connectivity index (χ0) is 24.7. The Morgan fingerprint density at radius 3 is 2.69 bits per heavy atom. The van der Waals surface area contributed by atoms with Crippen LogP contribution in [0, 0.1) is 5.82 Å². The van der Waals surface area contributed by atoms with E-state index in [2.05, 4.69) is 10.4 Å². The number of aryl methyl sites for hydroxylation is 1. The fourth-order valence-electron chi connectivity index (χ4n) is 4.85. The average Bonchev–Trinajstić information content (AvgIpc) is 3.44. The summed E-state index contributed by atoms with van der Waals surface area (Å²) in [7, 11) is 1.67. The quantitative estimate of drug-likeness (QED) is 0.578. The van der Waals surface area contributed by atoms with Gasteiger partial charge in [-0.05, 0) is 30.5 Å². The number of fused-ring (bicyclic) bond motifs is 1. The second-order valence-electron chi connectivity index (χ2n) is 9.00. The Labute approximate surface area is 200 Å². The number of aromatic nitrogens is 4. The molecule has 0 radical (unpaired) electrons. The van der Waals surface area contributed by atoms with Crippen LogP contribution in [-0.4, -0.2) is 50.1 Å². The monoisotopic (exact) mass is 488 g/mol. The molecule has 1 N–H and O–H groups in total. The molecule has 35 heavy (non-hydrogen) atoms. The highest BCUT2D eigenvalue weighted by Crippen LogP contribution is 2.38. The summed E-state index contributed by atoms with van der Waals surface area (Å²) in [5.74, 6) is -0.361. The van der Waals surface area contributed by atoms with Crippen molar-refractivity contribution in [2.75, 3.05) is 25.1 Å². The summed E-state index contributed by atoms with van der Waals surface area (Å²) >= 11 is 0. The summed E-state index contributed by atoms with van der Waals surface area (Å²) in [5.41, 5.74) is 1.88. The number of ether oxygens (including phenoxy) is 1. The number of carbonyl (C=O) groups is 1. The van der Waals surface area contributed by atoms with Gasteiger partial charge in [-0.25, -0.2) is 13.2 Å². The summed E-state index contributed by atoms with van der Waals surface area (Å²) in [6.07, 6.45) is 2.40. The number of benzene rings is 1. The molecule has 11 heteroatoms. The molecule has 1 fully saturated rings. The van der Waals surface area contributed by atoms with E-state index in [1.807, 2.05) is 4.68 Å². The van der Waals surface area contributed by atoms with E-state index in [1.165, 1.54) is 17.8 Å². The van der Waals surface area contributed by atoms with E-state index in [0.717, 1.165) is 36.2 Å². The highest BCUT2D eigenvalue weighted by molar-refractivity contribution is 5.75. The Morgan fingerprint density at radius 2 is 2.03 bits per heavy atom. The van der Waals surface area contributed by atoms with Crippen LogP contribution in [0.3, 0.4) is 0 Å². The molecular weight excluding hydrogens is 461 g/mol. The van der Waals surface area contributed by atoms with Gasteiger partial charge < -0.3 is 15.0 Å². The van der Waals surface area contributed by atoms with Crippen LogP contribution in [0.4, 0.5) is 24.7 Å². The number of amides is 1. The predicted octanol–water partition coefficient (Wildman–Crippen LogP) is 4.36. The zero-order valence-corrected chi connectivity index (χ0v) is 19.6. The topological polar surface area (TPSA) is 77.2 Å². The molecule has 4 heterocycles. The van der Waals surface area contributed by atoms with E-state index in [4.69, 9.17) is 9.84 Å². The lowest BCUT2D eigenvalue weighted by Gasteiger charge is -2.29. The highest BCUT2D eigenvalue weighted by Gasteiger charge is 2.30. The first-order chi connectivity index (χ1) is 16.8. The van der Waals surface area contributed by atoms with Crippen molar-refractivity contribution in [3.8, 4) is 11.1 Å². The molecule has 0 spiro atoms. The molecule has 1 aromatic carbocycles. The third-order valence-corrected chi connectivity index (χ3v) is 6.71. The molecule has 186 valence electrons. The van der Waals surface area contributed by atoms with Crippen molar-refractivity contribution in [2.24, 2.45) is 7.05 Å². The lowest BCUT2D eigenvalue weighted by molar-refractivity contribution is -0.129. The number of halogens is 3. The first-order valence-electron chi connectivity index (χ1n) is 11.6. The Bertz CT molecular complexity index is 1250. The van der Waals surface area contributed by atoms with Gasteiger partial charge in [-0.15, -0.1) is 0 Å². The van der Waals surface area contributed by atoms with Gasteiger partial charge in [0.25, 0.3) is 6.43 Å². The smallest absolute Gasteiger partial charge is 0.264 e. The Morgan fingerprint density at radius 1 is 1.26 bits per heavy atom. The average molecular weight is 489 g/mol. The molecule has 2 aliphatic heterocycles. The zero-order valence-electron chi connectivity index (χ0n) is 19.6. The maximum Gasteiger partial charge on any atom is 0.264 e. The van der Waals surface area contributed by atoms with Crippen molar-refractivity contribution in [2.45, 2.75) is 45.2 Å². The van der Waals surface area contributed by atoms with Crippen molar-refractivity contribution in [3.63, 3.8) is 0 Å². The lowest BCUT2D eigenvalue weighted by atomic mass is 10.0. The number of rotatable bonds is 5. The van der Waals surface area contributed by atoms with E-state index in [1.54, 1.807) is 18.1 Å². The molecule has 0 saturated carbocycles. The van der Waals surface area contributed by atoms with Crippen LogP contribution in [0.1, 0.15) is 49.1 Å². The number of anilines is 2. The standard InChI is InChI=1S/C24H27F3N6O2/c1-14(34)32-6-3-22-19(13-32)24(30-33(22)16-4-7-35-8-5-16)29-21-10-18(23(26)27)17(9-20(21)25)15-11-28-31(2)12-15/h9-12,16,23H,3-8,13H2,1-2H3,(H,29,30). The first-order valence-corrected chi connectivity index (χ1v) is 11.6. The fourth-order valence-corrected chi connectivity index (χ4v) is 4.85. The molecule has 0 unspecified atom stereocenters. The maximum absolute atomic E-state index is 15.2. The van der Waals surface area contributed by atoms with Crippen molar-refractivity contribution in [3.05, 3.63) is 47.2 Å². The van der Waals surface area contributed by atoms with E-state index in [9.17, 15) is 13.6 Å². The number of hydrogen-bond acceptors (Lipinski definition) is 5. The number of nitrogens with zero attached hydrogens (tertiary/aromatic N) is 5. The summed E-state index contributed by atoms with van der Waals surface area (Å²) in [5, 5.41) is 11.7. The van der Waals surface area contributed by atoms with E-state index < -0.39 is 12.2 Å². The molecule has 8 nitrogen and oxygen atoms in total.